The van der Waals surface area contributed by atoms with Gasteiger partial charge in [-0.25, -0.2) is 18.2 Å². The van der Waals surface area contributed by atoms with Gasteiger partial charge in [0.25, 0.3) is 0 Å². The highest BCUT2D eigenvalue weighted by molar-refractivity contribution is 7.92. The van der Waals surface area contributed by atoms with Crippen LogP contribution in [0.15, 0.2) is 10.6 Å². The van der Waals surface area contributed by atoms with Crippen LogP contribution < -0.4 is 0 Å². The molecular formula is C10H13NO5S. The standard InChI is InChI=1S/C10H13NO5S/c12-10(13)8-6-11-9(16-8)5-7-3-1-2-4-17(7,14)15/h6-7H,1-5H2,(H,12,13). The number of hydrogen-bond donors (Lipinski definition) is 1. The van der Waals surface area contributed by atoms with Gasteiger partial charge < -0.3 is 9.52 Å². The topological polar surface area (TPSA) is 97.5 Å². The van der Waals surface area contributed by atoms with Crippen molar-refractivity contribution in [3.8, 4) is 0 Å². The first-order valence-electron chi connectivity index (χ1n) is 5.38. The van der Waals surface area contributed by atoms with Crippen molar-refractivity contribution in [2.75, 3.05) is 5.75 Å². The summed E-state index contributed by atoms with van der Waals surface area (Å²) < 4.78 is 28.4. The summed E-state index contributed by atoms with van der Waals surface area (Å²) in [5.74, 6) is -1.08. The number of aromatic nitrogens is 1. The summed E-state index contributed by atoms with van der Waals surface area (Å²) in [5.41, 5.74) is 0. The lowest BCUT2D eigenvalue weighted by molar-refractivity contribution is 0.0660. The van der Waals surface area contributed by atoms with Gasteiger partial charge in [0.1, 0.15) is 0 Å². The SMILES string of the molecule is O=C(O)c1cnc(CC2CCCCS2(=O)=O)o1. The third-order valence-corrected chi connectivity index (χ3v) is 5.16. The van der Waals surface area contributed by atoms with Crippen LogP contribution in [0.5, 0.6) is 0 Å². The number of carboxylic acids is 1. The molecule has 0 aromatic carbocycles. The molecule has 0 radical (unpaired) electrons. The van der Waals surface area contributed by atoms with Gasteiger partial charge in [0, 0.05) is 6.42 Å². The van der Waals surface area contributed by atoms with E-state index >= 15 is 0 Å². The van der Waals surface area contributed by atoms with Gasteiger partial charge in [0.05, 0.1) is 17.2 Å². The molecule has 1 saturated heterocycles. The van der Waals surface area contributed by atoms with Gasteiger partial charge in [-0.2, -0.15) is 0 Å². The molecule has 1 fully saturated rings. The molecule has 1 aromatic rings. The zero-order chi connectivity index (χ0) is 12.5. The minimum absolute atomic E-state index is 0.162. The lowest BCUT2D eigenvalue weighted by atomic mass is 10.1. The second-order valence-electron chi connectivity index (χ2n) is 4.11. The Kier molecular flexibility index (Phi) is 3.19. The van der Waals surface area contributed by atoms with Crippen LogP contribution in [0.3, 0.4) is 0 Å². The molecule has 0 aliphatic carbocycles. The quantitative estimate of drug-likeness (QED) is 0.865. The molecule has 1 aliphatic heterocycles. The number of carbonyl (C=O) groups is 1. The van der Waals surface area contributed by atoms with Gasteiger partial charge in [0.2, 0.25) is 5.76 Å². The van der Waals surface area contributed by atoms with Crippen LogP contribution in [-0.2, 0) is 16.3 Å². The average Bonchev–Trinajstić information content (AvgIpc) is 2.70. The van der Waals surface area contributed by atoms with Gasteiger partial charge in [-0.3, -0.25) is 0 Å². The largest absolute Gasteiger partial charge is 0.475 e. The molecule has 1 unspecified atom stereocenters. The van der Waals surface area contributed by atoms with Crippen LogP contribution in [-0.4, -0.2) is 35.5 Å². The first-order valence-corrected chi connectivity index (χ1v) is 7.10. The van der Waals surface area contributed by atoms with Crippen LogP contribution >= 0.6 is 0 Å². The molecular weight excluding hydrogens is 246 g/mol. The summed E-state index contributed by atoms with van der Waals surface area (Å²) in [5, 5.41) is 8.17. The Morgan fingerprint density at radius 1 is 1.53 bits per heavy atom. The highest BCUT2D eigenvalue weighted by atomic mass is 32.2. The second kappa shape index (κ2) is 4.48. The lowest BCUT2D eigenvalue weighted by Crippen LogP contribution is -2.30. The van der Waals surface area contributed by atoms with E-state index < -0.39 is 21.1 Å². The third-order valence-electron chi connectivity index (χ3n) is 2.88. The molecule has 17 heavy (non-hydrogen) atoms. The predicted molar refractivity (Wildman–Crippen MR) is 58.6 cm³/mol. The molecule has 1 N–H and O–H groups in total. The Morgan fingerprint density at radius 2 is 2.29 bits per heavy atom. The maximum absolute atomic E-state index is 11.7. The smallest absolute Gasteiger partial charge is 0.373 e. The van der Waals surface area contributed by atoms with Crippen molar-refractivity contribution in [1.29, 1.82) is 0 Å². The van der Waals surface area contributed by atoms with Crippen LogP contribution in [0.4, 0.5) is 0 Å². The molecule has 0 saturated carbocycles. The van der Waals surface area contributed by atoms with Crippen LogP contribution in [0.25, 0.3) is 0 Å². The molecule has 0 amide bonds. The summed E-state index contributed by atoms with van der Waals surface area (Å²) in [6, 6.07) is 0. The zero-order valence-corrected chi connectivity index (χ0v) is 9.94. The number of rotatable bonds is 3. The Balaban J connectivity index is 2.11. The molecule has 7 heteroatoms. The molecule has 2 rings (SSSR count). The number of aromatic carboxylic acids is 1. The van der Waals surface area contributed by atoms with E-state index in [1.54, 1.807) is 0 Å². The number of sulfone groups is 1. The van der Waals surface area contributed by atoms with E-state index in [0.717, 1.165) is 12.6 Å². The Morgan fingerprint density at radius 3 is 2.88 bits per heavy atom. The molecule has 1 aliphatic rings. The van der Waals surface area contributed by atoms with Crippen LogP contribution in [0.2, 0.25) is 0 Å². The number of oxazole rings is 1. The van der Waals surface area contributed by atoms with Gasteiger partial charge in [0.15, 0.2) is 15.7 Å². The lowest BCUT2D eigenvalue weighted by Gasteiger charge is -2.20. The fourth-order valence-electron chi connectivity index (χ4n) is 1.95. The molecule has 6 nitrogen and oxygen atoms in total. The van der Waals surface area contributed by atoms with E-state index in [-0.39, 0.29) is 23.8 Å². The molecule has 0 bridgehead atoms. The van der Waals surface area contributed by atoms with Gasteiger partial charge in [-0.15, -0.1) is 0 Å². The van der Waals surface area contributed by atoms with Gasteiger partial charge in [-0.1, -0.05) is 6.42 Å². The van der Waals surface area contributed by atoms with Crippen molar-refractivity contribution in [2.24, 2.45) is 0 Å². The normalized spacial score (nSPS) is 23.4. The maximum Gasteiger partial charge on any atom is 0.373 e. The maximum atomic E-state index is 11.7. The fraction of sp³-hybridized carbons (Fsp3) is 0.600. The molecule has 0 spiro atoms. The monoisotopic (exact) mass is 259 g/mol. The average molecular weight is 259 g/mol. The molecule has 1 aromatic heterocycles. The van der Waals surface area contributed by atoms with Crippen molar-refractivity contribution in [3.63, 3.8) is 0 Å². The molecule has 94 valence electrons. The molecule has 2 heterocycles. The van der Waals surface area contributed by atoms with Crippen molar-refractivity contribution in [2.45, 2.75) is 30.9 Å². The van der Waals surface area contributed by atoms with Crippen LogP contribution in [0, 0.1) is 0 Å². The highest BCUT2D eigenvalue weighted by Crippen LogP contribution is 2.22. The number of hydrogen-bond acceptors (Lipinski definition) is 5. The summed E-state index contributed by atoms with van der Waals surface area (Å²) >= 11 is 0. The summed E-state index contributed by atoms with van der Waals surface area (Å²) in [7, 11) is -3.08. The summed E-state index contributed by atoms with van der Waals surface area (Å²) in [6.07, 6.45) is 3.43. The second-order valence-corrected chi connectivity index (χ2v) is 6.51. The third kappa shape index (κ3) is 2.66. The molecule has 1 atom stereocenters. The van der Waals surface area contributed by atoms with Crippen molar-refractivity contribution < 1.29 is 22.7 Å². The van der Waals surface area contributed by atoms with E-state index in [1.165, 1.54) is 0 Å². The van der Waals surface area contributed by atoms with E-state index in [1.807, 2.05) is 0 Å². The predicted octanol–water partition coefficient (Wildman–Crippen LogP) is 0.883. The Hall–Kier alpha value is -1.37. The van der Waals surface area contributed by atoms with Crippen LogP contribution in [0.1, 0.15) is 35.7 Å². The van der Waals surface area contributed by atoms with Crippen molar-refractivity contribution in [3.05, 3.63) is 17.8 Å². The van der Waals surface area contributed by atoms with Crippen molar-refractivity contribution in [1.82, 2.24) is 4.98 Å². The fourth-order valence-corrected chi connectivity index (χ4v) is 3.81. The first-order chi connectivity index (χ1) is 7.99. The van der Waals surface area contributed by atoms with Gasteiger partial charge >= 0.3 is 5.97 Å². The minimum atomic E-state index is -3.08. The highest BCUT2D eigenvalue weighted by Gasteiger charge is 2.30. The van der Waals surface area contributed by atoms with E-state index in [0.29, 0.717) is 12.8 Å². The van der Waals surface area contributed by atoms with Crippen molar-refractivity contribution >= 4 is 15.8 Å². The summed E-state index contributed by atoms with van der Waals surface area (Å²) in [6.45, 7) is 0. The first kappa shape index (κ1) is 12.1. The summed E-state index contributed by atoms with van der Waals surface area (Å²) in [4.78, 5) is 14.4. The van der Waals surface area contributed by atoms with Gasteiger partial charge in [-0.05, 0) is 12.8 Å². The van der Waals surface area contributed by atoms with E-state index in [9.17, 15) is 13.2 Å². The number of nitrogens with zero attached hydrogens (tertiary/aromatic N) is 1. The minimum Gasteiger partial charge on any atom is -0.475 e. The number of carboxylic acid groups (broad SMARTS) is 1. The Labute approximate surface area is 98.6 Å². The zero-order valence-electron chi connectivity index (χ0n) is 9.13. The van der Waals surface area contributed by atoms with E-state index in [4.69, 9.17) is 9.52 Å². The van der Waals surface area contributed by atoms with E-state index in [2.05, 4.69) is 4.98 Å². The Bertz CT molecular complexity index is 519.